The number of urea groups is 1. The quantitative estimate of drug-likeness (QED) is 0.693. The molecule has 0 aliphatic carbocycles. The van der Waals surface area contributed by atoms with Crippen molar-refractivity contribution in [2.24, 2.45) is 13.0 Å². The molecule has 1 aliphatic rings. The van der Waals surface area contributed by atoms with Gasteiger partial charge in [-0.2, -0.15) is 0 Å². The molecule has 1 N–H and O–H groups in total. The molecular formula is C22H25N5O2. The Morgan fingerprint density at radius 3 is 2.90 bits per heavy atom. The number of nitrogens with zero attached hydrogens (tertiary/aromatic N) is 4. The maximum atomic E-state index is 12.7. The van der Waals surface area contributed by atoms with Gasteiger partial charge in [-0.3, -0.25) is 9.78 Å². The number of aryl methyl sites for hydroxylation is 2. The summed E-state index contributed by atoms with van der Waals surface area (Å²) in [6.07, 6.45) is 3.23. The number of likely N-dealkylation sites (tertiary alicyclic amines) is 1. The number of hydrogen-bond acceptors (Lipinski definition) is 4. The first-order chi connectivity index (χ1) is 14.0. The number of carbonyl (C=O) groups is 2. The van der Waals surface area contributed by atoms with Crippen LogP contribution in [0.3, 0.4) is 0 Å². The summed E-state index contributed by atoms with van der Waals surface area (Å²) in [4.78, 5) is 35.8. The number of hydrogen-bond donors (Lipinski definition) is 1. The van der Waals surface area contributed by atoms with Crippen molar-refractivity contribution in [3.8, 4) is 0 Å². The normalized spacial score (nSPS) is 16.8. The second-order valence-electron chi connectivity index (χ2n) is 7.56. The van der Waals surface area contributed by atoms with Gasteiger partial charge in [0.2, 0.25) is 0 Å². The molecule has 150 valence electrons. The fraction of sp³-hybridized carbons (Fsp3) is 0.364. The van der Waals surface area contributed by atoms with Gasteiger partial charge in [-0.25, -0.2) is 9.78 Å². The third-order valence-corrected chi connectivity index (χ3v) is 5.61. The van der Waals surface area contributed by atoms with Crippen molar-refractivity contribution in [2.75, 3.05) is 13.1 Å². The number of amides is 2. The highest BCUT2D eigenvalue weighted by Crippen LogP contribution is 2.21. The molecule has 1 aliphatic heterocycles. The van der Waals surface area contributed by atoms with E-state index in [1.165, 1.54) is 0 Å². The van der Waals surface area contributed by atoms with Crippen molar-refractivity contribution in [3.63, 3.8) is 0 Å². The van der Waals surface area contributed by atoms with Crippen LogP contribution in [-0.2, 0) is 13.6 Å². The van der Waals surface area contributed by atoms with Crippen LogP contribution in [0.25, 0.3) is 11.0 Å². The predicted molar refractivity (Wildman–Crippen MR) is 111 cm³/mol. The number of nitrogens with one attached hydrogen (secondary N) is 1. The molecule has 1 aromatic carbocycles. The fourth-order valence-electron chi connectivity index (χ4n) is 3.86. The van der Waals surface area contributed by atoms with Crippen LogP contribution in [0.15, 0.2) is 42.6 Å². The molecular weight excluding hydrogens is 366 g/mol. The van der Waals surface area contributed by atoms with Gasteiger partial charge in [0, 0.05) is 38.8 Å². The van der Waals surface area contributed by atoms with Crippen molar-refractivity contribution < 1.29 is 9.59 Å². The molecule has 29 heavy (non-hydrogen) atoms. The Hall–Kier alpha value is -3.22. The maximum Gasteiger partial charge on any atom is 0.317 e. The molecule has 1 fully saturated rings. The largest absolute Gasteiger partial charge is 0.334 e. The van der Waals surface area contributed by atoms with Crippen LogP contribution in [0.1, 0.15) is 34.7 Å². The van der Waals surface area contributed by atoms with E-state index in [0.29, 0.717) is 25.3 Å². The summed E-state index contributed by atoms with van der Waals surface area (Å²) >= 11 is 0. The Kier molecular flexibility index (Phi) is 5.29. The standard InChI is InChI=1S/C22H25N5O2/c1-15-25-19-12-16(8-9-20(19)26(15)2)13-24-22(29)27-11-5-6-17(14-27)21(28)18-7-3-4-10-23-18/h3-4,7-10,12,17H,5-6,11,13-14H2,1-2H3,(H,24,29)/t17-/m1/s1. The highest BCUT2D eigenvalue weighted by atomic mass is 16.2. The lowest BCUT2D eigenvalue weighted by molar-refractivity contribution is 0.0840. The van der Waals surface area contributed by atoms with Crippen molar-refractivity contribution in [1.82, 2.24) is 24.8 Å². The second kappa shape index (κ2) is 8.03. The Bertz CT molecular complexity index is 1040. The lowest BCUT2D eigenvalue weighted by Gasteiger charge is -2.32. The van der Waals surface area contributed by atoms with Crippen LogP contribution in [0.4, 0.5) is 4.79 Å². The molecule has 0 saturated carbocycles. The van der Waals surface area contributed by atoms with Crippen LogP contribution < -0.4 is 5.32 Å². The van der Waals surface area contributed by atoms with Gasteiger partial charge in [-0.1, -0.05) is 12.1 Å². The van der Waals surface area contributed by atoms with Crippen molar-refractivity contribution in [3.05, 3.63) is 59.7 Å². The second-order valence-corrected chi connectivity index (χ2v) is 7.56. The summed E-state index contributed by atoms with van der Waals surface area (Å²) in [6.45, 7) is 3.50. The number of benzene rings is 1. The lowest BCUT2D eigenvalue weighted by atomic mass is 9.92. The number of piperidine rings is 1. The predicted octanol–water partition coefficient (Wildman–Crippen LogP) is 3.08. The molecule has 3 aromatic rings. The zero-order valence-corrected chi connectivity index (χ0v) is 16.8. The molecule has 0 spiro atoms. The van der Waals surface area contributed by atoms with E-state index >= 15 is 0 Å². The topological polar surface area (TPSA) is 80.1 Å². The van der Waals surface area contributed by atoms with E-state index in [2.05, 4.69) is 15.3 Å². The third kappa shape index (κ3) is 3.99. The van der Waals surface area contributed by atoms with Crippen molar-refractivity contribution >= 4 is 22.8 Å². The minimum absolute atomic E-state index is 0.0130. The number of ketones is 1. The molecule has 7 heteroatoms. The Labute approximate surface area is 169 Å². The molecule has 0 bridgehead atoms. The number of pyridine rings is 1. The smallest absolute Gasteiger partial charge is 0.317 e. The van der Waals surface area contributed by atoms with Gasteiger partial charge in [0.15, 0.2) is 5.78 Å². The van der Waals surface area contributed by atoms with E-state index in [4.69, 9.17) is 0 Å². The van der Waals surface area contributed by atoms with Gasteiger partial charge in [0.1, 0.15) is 11.5 Å². The minimum atomic E-state index is -0.197. The van der Waals surface area contributed by atoms with Gasteiger partial charge in [0.25, 0.3) is 0 Å². The van der Waals surface area contributed by atoms with Gasteiger partial charge in [-0.05, 0) is 49.6 Å². The SMILES string of the molecule is Cc1nc2cc(CNC(=O)N3CCC[C@@H](C(=O)c4ccccn4)C3)ccc2n1C. The Morgan fingerprint density at radius 1 is 1.24 bits per heavy atom. The van der Waals surface area contributed by atoms with Crippen LogP contribution >= 0.6 is 0 Å². The van der Waals surface area contributed by atoms with E-state index < -0.39 is 0 Å². The van der Waals surface area contributed by atoms with Crippen LogP contribution in [0, 0.1) is 12.8 Å². The number of Topliss-reactive ketones (excluding diaryl/α,β-unsaturated/α-hetero) is 1. The van der Waals surface area contributed by atoms with E-state index in [9.17, 15) is 9.59 Å². The molecule has 0 unspecified atom stereocenters. The average molecular weight is 391 g/mol. The molecule has 2 aromatic heterocycles. The molecule has 2 amide bonds. The minimum Gasteiger partial charge on any atom is -0.334 e. The monoisotopic (exact) mass is 391 g/mol. The number of carbonyl (C=O) groups excluding carboxylic acids is 2. The fourth-order valence-corrected chi connectivity index (χ4v) is 3.86. The van der Waals surface area contributed by atoms with Crippen molar-refractivity contribution in [1.29, 1.82) is 0 Å². The highest BCUT2D eigenvalue weighted by molar-refractivity contribution is 5.96. The molecule has 3 heterocycles. The van der Waals surface area contributed by atoms with E-state index in [1.807, 2.05) is 42.8 Å². The number of fused-ring (bicyclic) bond motifs is 1. The first-order valence-electron chi connectivity index (χ1n) is 9.93. The summed E-state index contributed by atoms with van der Waals surface area (Å²) in [5.41, 5.74) is 3.47. The van der Waals surface area contributed by atoms with Crippen LogP contribution in [0.5, 0.6) is 0 Å². The van der Waals surface area contributed by atoms with Crippen molar-refractivity contribution in [2.45, 2.75) is 26.3 Å². The van der Waals surface area contributed by atoms with Gasteiger partial charge in [0.05, 0.1) is 11.0 Å². The number of aromatic nitrogens is 3. The van der Waals surface area contributed by atoms with Gasteiger partial charge < -0.3 is 14.8 Å². The maximum absolute atomic E-state index is 12.7. The molecule has 7 nitrogen and oxygen atoms in total. The summed E-state index contributed by atoms with van der Waals surface area (Å²) in [5.74, 6) is 0.773. The van der Waals surface area contributed by atoms with E-state index in [1.54, 1.807) is 23.2 Å². The average Bonchev–Trinajstić information content (AvgIpc) is 3.05. The number of rotatable bonds is 4. The van der Waals surface area contributed by atoms with Gasteiger partial charge in [-0.15, -0.1) is 0 Å². The molecule has 1 atom stereocenters. The third-order valence-electron chi connectivity index (χ3n) is 5.61. The van der Waals surface area contributed by atoms with E-state index in [-0.39, 0.29) is 17.7 Å². The molecule has 4 rings (SSSR count). The number of imidazole rings is 1. The lowest BCUT2D eigenvalue weighted by Crippen LogP contribution is -2.46. The summed E-state index contributed by atoms with van der Waals surface area (Å²) in [6, 6.07) is 11.2. The first-order valence-corrected chi connectivity index (χ1v) is 9.93. The van der Waals surface area contributed by atoms with Crippen LogP contribution in [0.2, 0.25) is 0 Å². The first kappa shape index (κ1) is 19.1. The highest BCUT2D eigenvalue weighted by Gasteiger charge is 2.29. The summed E-state index contributed by atoms with van der Waals surface area (Å²) < 4.78 is 2.05. The zero-order chi connectivity index (χ0) is 20.4. The van der Waals surface area contributed by atoms with E-state index in [0.717, 1.165) is 35.3 Å². The molecule has 1 saturated heterocycles. The summed E-state index contributed by atoms with van der Waals surface area (Å²) in [7, 11) is 1.99. The van der Waals surface area contributed by atoms with Crippen LogP contribution in [-0.4, -0.2) is 44.3 Å². The summed E-state index contributed by atoms with van der Waals surface area (Å²) in [5, 5.41) is 2.98. The Morgan fingerprint density at radius 2 is 2.10 bits per heavy atom. The molecule has 0 radical (unpaired) electrons. The van der Waals surface area contributed by atoms with Gasteiger partial charge >= 0.3 is 6.03 Å². The zero-order valence-electron chi connectivity index (χ0n) is 16.8. The Balaban J connectivity index is 1.37.